The van der Waals surface area contributed by atoms with Gasteiger partial charge in [0.25, 0.3) is 0 Å². The Hall–Kier alpha value is -0.930. The number of Topliss-reactive ketones (excluding diaryl/α,β-unsaturated/α-hetero) is 1. The summed E-state index contributed by atoms with van der Waals surface area (Å²) in [6, 6.07) is 9.71. The molecule has 0 fully saturated rings. The van der Waals surface area contributed by atoms with Crippen LogP contribution in [0.3, 0.4) is 0 Å². The van der Waals surface area contributed by atoms with Gasteiger partial charge in [-0.1, -0.05) is 28.1 Å². The van der Waals surface area contributed by atoms with Crippen LogP contribution in [0, 0.1) is 0 Å². The Balaban J connectivity index is 2.13. The first kappa shape index (κ1) is 10.6. The molecule has 1 aromatic heterocycles. The fourth-order valence-electron chi connectivity index (χ4n) is 1.36. The van der Waals surface area contributed by atoms with Gasteiger partial charge in [-0.2, -0.15) is 11.3 Å². The summed E-state index contributed by atoms with van der Waals surface area (Å²) in [6.45, 7) is 0. The SMILES string of the molecule is O=C(Cc1cccc(Br)c1)c1ccsc1. The van der Waals surface area contributed by atoms with Crippen molar-refractivity contribution in [1.82, 2.24) is 0 Å². The van der Waals surface area contributed by atoms with Gasteiger partial charge >= 0.3 is 0 Å². The predicted octanol–water partition coefficient (Wildman–Crippen LogP) is 3.94. The Morgan fingerprint density at radius 2 is 2.20 bits per heavy atom. The molecule has 2 aromatic rings. The van der Waals surface area contributed by atoms with Crippen LogP contribution in [0.5, 0.6) is 0 Å². The molecule has 0 aliphatic rings. The van der Waals surface area contributed by atoms with Gasteiger partial charge in [-0.15, -0.1) is 0 Å². The molecule has 0 atom stereocenters. The van der Waals surface area contributed by atoms with Crippen molar-refractivity contribution in [2.45, 2.75) is 6.42 Å². The van der Waals surface area contributed by atoms with Gasteiger partial charge in [0.15, 0.2) is 5.78 Å². The standard InChI is InChI=1S/C12H9BrOS/c13-11-3-1-2-9(6-11)7-12(14)10-4-5-15-8-10/h1-6,8H,7H2. The number of thiophene rings is 1. The summed E-state index contributed by atoms with van der Waals surface area (Å²) < 4.78 is 1.01. The lowest BCUT2D eigenvalue weighted by Crippen LogP contribution is -2.01. The van der Waals surface area contributed by atoms with Crippen LogP contribution < -0.4 is 0 Å². The van der Waals surface area contributed by atoms with Crippen LogP contribution in [-0.4, -0.2) is 5.78 Å². The molecule has 15 heavy (non-hydrogen) atoms. The zero-order valence-electron chi connectivity index (χ0n) is 7.94. The summed E-state index contributed by atoms with van der Waals surface area (Å²) in [6.07, 6.45) is 0.468. The van der Waals surface area contributed by atoms with E-state index in [0.29, 0.717) is 6.42 Å². The number of halogens is 1. The van der Waals surface area contributed by atoms with Gasteiger partial charge < -0.3 is 0 Å². The molecule has 0 amide bonds. The van der Waals surface area contributed by atoms with E-state index in [-0.39, 0.29) is 5.78 Å². The van der Waals surface area contributed by atoms with Crippen molar-refractivity contribution in [3.63, 3.8) is 0 Å². The summed E-state index contributed by atoms with van der Waals surface area (Å²) in [5.74, 6) is 0.175. The largest absolute Gasteiger partial charge is 0.294 e. The highest BCUT2D eigenvalue weighted by Crippen LogP contribution is 2.15. The highest BCUT2D eigenvalue weighted by molar-refractivity contribution is 9.10. The predicted molar refractivity (Wildman–Crippen MR) is 66.5 cm³/mol. The second-order valence-corrected chi connectivity index (χ2v) is 4.94. The van der Waals surface area contributed by atoms with Crippen molar-refractivity contribution in [1.29, 1.82) is 0 Å². The third-order valence-electron chi connectivity index (χ3n) is 2.10. The molecule has 1 heterocycles. The molecule has 0 unspecified atom stereocenters. The minimum absolute atomic E-state index is 0.175. The lowest BCUT2D eigenvalue weighted by Gasteiger charge is -1.99. The maximum absolute atomic E-state index is 11.8. The minimum atomic E-state index is 0.175. The zero-order chi connectivity index (χ0) is 10.7. The van der Waals surface area contributed by atoms with Crippen LogP contribution in [-0.2, 0) is 6.42 Å². The summed E-state index contributed by atoms with van der Waals surface area (Å²) in [5, 5.41) is 3.81. The lowest BCUT2D eigenvalue weighted by atomic mass is 10.1. The minimum Gasteiger partial charge on any atom is -0.294 e. The average molecular weight is 281 g/mol. The highest BCUT2D eigenvalue weighted by Gasteiger charge is 2.07. The topological polar surface area (TPSA) is 17.1 Å². The first-order valence-electron chi connectivity index (χ1n) is 4.55. The molecule has 0 aliphatic heterocycles. The van der Waals surface area contributed by atoms with E-state index >= 15 is 0 Å². The van der Waals surface area contributed by atoms with Gasteiger partial charge in [0.1, 0.15) is 0 Å². The zero-order valence-corrected chi connectivity index (χ0v) is 10.3. The van der Waals surface area contributed by atoms with Crippen molar-refractivity contribution in [2.24, 2.45) is 0 Å². The van der Waals surface area contributed by atoms with Gasteiger partial charge in [0, 0.05) is 21.8 Å². The van der Waals surface area contributed by atoms with Crippen LogP contribution in [0.25, 0.3) is 0 Å². The molecule has 0 aliphatic carbocycles. The summed E-state index contributed by atoms with van der Waals surface area (Å²) >= 11 is 4.94. The van der Waals surface area contributed by atoms with E-state index in [0.717, 1.165) is 15.6 Å². The van der Waals surface area contributed by atoms with Crippen LogP contribution in [0.15, 0.2) is 45.6 Å². The van der Waals surface area contributed by atoms with Gasteiger partial charge in [-0.3, -0.25) is 4.79 Å². The highest BCUT2D eigenvalue weighted by atomic mass is 79.9. The molecule has 3 heteroatoms. The van der Waals surface area contributed by atoms with E-state index in [1.807, 2.05) is 41.1 Å². The molecular formula is C12H9BrOS. The molecule has 0 saturated carbocycles. The van der Waals surface area contributed by atoms with Gasteiger partial charge in [-0.25, -0.2) is 0 Å². The molecule has 0 radical (unpaired) electrons. The first-order valence-corrected chi connectivity index (χ1v) is 6.29. The number of hydrogen-bond donors (Lipinski definition) is 0. The van der Waals surface area contributed by atoms with Crippen LogP contribution in [0.4, 0.5) is 0 Å². The third-order valence-corrected chi connectivity index (χ3v) is 3.27. The lowest BCUT2D eigenvalue weighted by molar-refractivity contribution is 0.0993. The number of ketones is 1. The van der Waals surface area contributed by atoms with Crippen molar-refractivity contribution in [2.75, 3.05) is 0 Å². The van der Waals surface area contributed by atoms with E-state index < -0.39 is 0 Å². The van der Waals surface area contributed by atoms with Crippen LogP contribution in [0.1, 0.15) is 15.9 Å². The molecule has 0 bridgehead atoms. The third kappa shape index (κ3) is 2.76. The average Bonchev–Trinajstić information content (AvgIpc) is 2.70. The van der Waals surface area contributed by atoms with Crippen LogP contribution in [0.2, 0.25) is 0 Å². The smallest absolute Gasteiger partial charge is 0.168 e. The molecular weight excluding hydrogens is 272 g/mol. The molecule has 1 nitrogen and oxygen atoms in total. The Morgan fingerprint density at radius 1 is 1.33 bits per heavy atom. The monoisotopic (exact) mass is 280 g/mol. The second-order valence-electron chi connectivity index (χ2n) is 3.24. The fourth-order valence-corrected chi connectivity index (χ4v) is 2.46. The quantitative estimate of drug-likeness (QED) is 0.779. The van der Waals surface area contributed by atoms with Crippen LogP contribution >= 0.6 is 27.3 Å². The maximum Gasteiger partial charge on any atom is 0.168 e. The van der Waals surface area contributed by atoms with Crippen molar-refractivity contribution in [3.8, 4) is 0 Å². The first-order chi connectivity index (χ1) is 7.25. The Kier molecular flexibility index (Phi) is 3.34. The van der Waals surface area contributed by atoms with Gasteiger partial charge in [0.05, 0.1) is 0 Å². The van der Waals surface area contributed by atoms with E-state index in [2.05, 4.69) is 15.9 Å². The van der Waals surface area contributed by atoms with Gasteiger partial charge in [-0.05, 0) is 29.1 Å². The van der Waals surface area contributed by atoms with E-state index in [9.17, 15) is 4.79 Å². The summed E-state index contributed by atoms with van der Waals surface area (Å²) in [5.41, 5.74) is 1.85. The Labute approximate surface area is 101 Å². The molecule has 76 valence electrons. The second kappa shape index (κ2) is 4.73. The van der Waals surface area contributed by atoms with E-state index in [4.69, 9.17) is 0 Å². The maximum atomic E-state index is 11.8. The van der Waals surface area contributed by atoms with E-state index in [1.54, 1.807) is 11.3 Å². The molecule has 0 N–H and O–H groups in total. The number of carbonyl (C=O) groups is 1. The summed E-state index contributed by atoms with van der Waals surface area (Å²) in [7, 11) is 0. The van der Waals surface area contributed by atoms with Gasteiger partial charge in [0.2, 0.25) is 0 Å². The number of hydrogen-bond acceptors (Lipinski definition) is 2. The Bertz CT molecular complexity index is 462. The molecule has 0 spiro atoms. The number of benzene rings is 1. The molecule has 2 rings (SSSR count). The number of rotatable bonds is 3. The number of carbonyl (C=O) groups excluding carboxylic acids is 1. The van der Waals surface area contributed by atoms with E-state index in [1.165, 1.54) is 0 Å². The van der Waals surface area contributed by atoms with Crippen molar-refractivity contribution >= 4 is 33.0 Å². The molecule has 1 aromatic carbocycles. The summed E-state index contributed by atoms with van der Waals surface area (Å²) in [4.78, 5) is 11.8. The van der Waals surface area contributed by atoms with Crippen molar-refractivity contribution < 1.29 is 4.79 Å². The normalized spacial score (nSPS) is 10.2. The fraction of sp³-hybridized carbons (Fsp3) is 0.0833. The molecule has 0 saturated heterocycles. The van der Waals surface area contributed by atoms with Crippen molar-refractivity contribution in [3.05, 3.63) is 56.7 Å². The Morgan fingerprint density at radius 3 is 2.87 bits per heavy atom.